The Hall–Kier alpha value is -2.74. The SMILES string of the molecule is CNC(=O)NC(=O)[C@@H](C)OC(=O)/C=C/c1cc(Cl)c(OC)c(OC)c1. The van der Waals surface area contributed by atoms with Gasteiger partial charge in [0.1, 0.15) is 0 Å². The van der Waals surface area contributed by atoms with Crippen LogP contribution in [0.1, 0.15) is 12.5 Å². The van der Waals surface area contributed by atoms with Crippen LogP contribution in [0.5, 0.6) is 11.5 Å². The maximum atomic E-state index is 11.8. The fraction of sp³-hybridized carbons (Fsp3) is 0.312. The smallest absolute Gasteiger partial charge is 0.331 e. The molecule has 0 unspecified atom stereocenters. The molecule has 2 N–H and O–H groups in total. The van der Waals surface area contributed by atoms with Crippen molar-refractivity contribution in [2.45, 2.75) is 13.0 Å². The molecule has 0 aromatic heterocycles. The standard InChI is InChI=1S/C16H19ClN2O6/c1-9(15(21)19-16(22)18-2)25-13(20)6-5-10-7-11(17)14(24-4)12(8-10)23-3/h5-9H,1-4H3,(H2,18,19,21,22)/b6-5+/t9-/m1/s1. The molecule has 1 atom stereocenters. The normalized spacial score (nSPS) is 11.6. The first-order chi connectivity index (χ1) is 11.8. The van der Waals surface area contributed by atoms with Crippen molar-refractivity contribution in [3.05, 3.63) is 28.8 Å². The van der Waals surface area contributed by atoms with Crippen LogP contribution in [0.4, 0.5) is 4.79 Å². The number of carbonyl (C=O) groups excluding carboxylic acids is 3. The number of halogens is 1. The van der Waals surface area contributed by atoms with Gasteiger partial charge in [0.25, 0.3) is 5.91 Å². The summed E-state index contributed by atoms with van der Waals surface area (Å²) < 4.78 is 15.2. The molecule has 1 aromatic rings. The van der Waals surface area contributed by atoms with Gasteiger partial charge in [0.15, 0.2) is 17.6 Å². The van der Waals surface area contributed by atoms with Gasteiger partial charge in [-0.05, 0) is 30.7 Å². The molecule has 136 valence electrons. The average Bonchev–Trinajstić information content (AvgIpc) is 2.58. The molecule has 0 aliphatic rings. The highest BCUT2D eigenvalue weighted by Crippen LogP contribution is 2.36. The minimum absolute atomic E-state index is 0.313. The number of hydrogen-bond acceptors (Lipinski definition) is 6. The second-order valence-corrected chi connectivity index (χ2v) is 5.13. The average molecular weight is 371 g/mol. The van der Waals surface area contributed by atoms with Gasteiger partial charge >= 0.3 is 12.0 Å². The van der Waals surface area contributed by atoms with Crippen molar-refractivity contribution in [2.24, 2.45) is 0 Å². The number of hydrogen-bond donors (Lipinski definition) is 2. The third-order valence-corrected chi connectivity index (χ3v) is 3.27. The van der Waals surface area contributed by atoms with Crippen LogP contribution in [-0.4, -0.2) is 45.3 Å². The quantitative estimate of drug-likeness (QED) is 0.584. The molecule has 0 saturated carbocycles. The van der Waals surface area contributed by atoms with Gasteiger partial charge in [-0.3, -0.25) is 10.1 Å². The van der Waals surface area contributed by atoms with Crippen LogP contribution in [0, 0.1) is 0 Å². The third-order valence-electron chi connectivity index (χ3n) is 2.99. The third kappa shape index (κ3) is 6.00. The van der Waals surface area contributed by atoms with E-state index >= 15 is 0 Å². The number of benzene rings is 1. The van der Waals surface area contributed by atoms with Crippen molar-refractivity contribution in [1.82, 2.24) is 10.6 Å². The largest absolute Gasteiger partial charge is 0.493 e. The van der Waals surface area contributed by atoms with Gasteiger partial charge in [0.05, 0.1) is 19.2 Å². The van der Waals surface area contributed by atoms with Crippen LogP contribution in [-0.2, 0) is 14.3 Å². The molecule has 3 amide bonds. The summed E-state index contributed by atoms with van der Waals surface area (Å²) in [6, 6.07) is 2.51. The first kappa shape index (κ1) is 20.3. The monoisotopic (exact) mass is 370 g/mol. The Morgan fingerprint density at radius 3 is 2.44 bits per heavy atom. The van der Waals surface area contributed by atoms with E-state index in [0.29, 0.717) is 22.1 Å². The molecule has 0 spiro atoms. The van der Waals surface area contributed by atoms with Crippen LogP contribution in [0.3, 0.4) is 0 Å². The molecule has 25 heavy (non-hydrogen) atoms. The molecule has 1 rings (SSSR count). The van der Waals surface area contributed by atoms with Gasteiger partial charge in [0.2, 0.25) is 0 Å². The first-order valence-corrected chi connectivity index (χ1v) is 7.53. The lowest BCUT2D eigenvalue weighted by Gasteiger charge is -2.11. The maximum absolute atomic E-state index is 11.8. The van der Waals surface area contributed by atoms with Crippen molar-refractivity contribution >= 4 is 35.6 Å². The van der Waals surface area contributed by atoms with Crippen LogP contribution >= 0.6 is 11.6 Å². The van der Waals surface area contributed by atoms with Gasteiger partial charge in [-0.25, -0.2) is 9.59 Å². The second-order valence-electron chi connectivity index (χ2n) is 4.72. The fourth-order valence-electron chi connectivity index (χ4n) is 1.74. The summed E-state index contributed by atoms with van der Waals surface area (Å²) in [4.78, 5) is 34.4. The Morgan fingerprint density at radius 1 is 1.20 bits per heavy atom. The molecular weight excluding hydrogens is 352 g/mol. The number of esters is 1. The number of carbonyl (C=O) groups is 3. The van der Waals surface area contributed by atoms with Gasteiger partial charge in [-0.2, -0.15) is 0 Å². The predicted octanol–water partition coefficient (Wildman–Crippen LogP) is 1.76. The van der Waals surface area contributed by atoms with Crippen molar-refractivity contribution in [3.8, 4) is 11.5 Å². The maximum Gasteiger partial charge on any atom is 0.331 e. The van der Waals surface area contributed by atoms with Crippen LogP contribution in [0.15, 0.2) is 18.2 Å². The number of imide groups is 1. The fourth-order valence-corrected chi connectivity index (χ4v) is 2.04. The van der Waals surface area contributed by atoms with E-state index in [1.54, 1.807) is 12.1 Å². The Morgan fingerprint density at radius 2 is 1.88 bits per heavy atom. The highest BCUT2D eigenvalue weighted by molar-refractivity contribution is 6.32. The van der Waals surface area contributed by atoms with E-state index in [4.69, 9.17) is 25.8 Å². The zero-order chi connectivity index (χ0) is 19.0. The molecule has 1 aromatic carbocycles. The number of urea groups is 1. The molecule has 9 heteroatoms. The molecule has 8 nitrogen and oxygen atoms in total. The minimum Gasteiger partial charge on any atom is -0.493 e. The van der Waals surface area contributed by atoms with Crippen LogP contribution in [0.2, 0.25) is 5.02 Å². The molecular formula is C16H19ClN2O6. The Kier molecular flexibility index (Phi) is 7.74. The van der Waals surface area contributed by atoms with E-state index in [1.807, 2.05) is 5.32 Å². The predicted molar refractivity (Wildman–Crippen MR) is 91.7 cm³/mol. The second kappa shape index (κ2) is 9.53. The summed E-state index contributed by atoms with van der Waals surface area (Å²) in [5.41, 5.74) is 0.571. The van der Waals surface area contributed by atoms with E-state index < -0.39 is 24.0 Å². The lowest BCUT2D eigenvalue weighted by atomic mass is 10.2. The van der Waals surface area contributed by atoms with Gasteiger partial charge in [-0.1, -0.05) is 11.6 Å². The minimum atomic E-state index is -1.14. The van der Waals surface area contributed by atoms with Gasteiger partial charge in [0, 0.05) is 13.1 Å². The summed E-state index contributed by atoms with van der Waals surface area (Å²) in [6.07, 6.45) is 1.43. The van der Waals surface area contributed by atoms with Gasteiger partial charge in [-0.15, -0.1) is 0 Å². The Bertz CT molecular complexity index is 689. The lowest BCUT2D eigenvalue weighted by Crippen LogP contribution is -2.43. The molecule has 0 radical (unpaired) electrons. The van der Waals surface area contributed by atoms with E-state index in [2.05, 4.69) is 5.32 Å². The number of rotatable bonds is 6. The van der Waals surface area contributed by atoms with Crippen molar-refractivity contribution in [2.75, 3.05) is 21.3 Å². The van der Waals surface area contributed by atoms with Crippen molar-refractivity contribution in [3.63, 3.8) is 0 Å². The van der Waals surface area contributed by atoms with E-state index in [0.717, 1.165) is 6.08 Å². The summed E-state index contributed by atoms with van der Waals surface area (Å²) in [6.45, 7) is 1.34. The van der Waals surface area contributed by atoms with Crippen molar-refractivity contribution < 1.29 is 28.6 Å². The summed E-state index contributed by atoms with van der Waals surface area (Å²) in [7, 11) is 4.28. The number of ether oxygens (including phenoxy) is 3. The molecule has 0 fully saturated rings. The van der Waals surface area contributed by atoms with E-state index in [-0.39, 0.29) is 0 Å². The molecule has 0 bridgehead atoms. The number of methoxy groups -OCH3 is 2. The zero-order valence-electron chi connectivity index (χ0n) is 14.2. The van der Waals surface area contributed by atoms with E-state index in [1.165, 1.54) is 34.3 Å². The lowest BCUT2D eigenvalue weighted by molar-refractivity contribution is -0.149. The van der Waals surface area contributed by atoms with E-state index in [9.17, 15) is 14.4 Å². The topological polar surface area (TPSA) is 103 Å². The highest BCUT2D eigenvalue weighted by Gasteiger charge is 2.18. The van der Waals surface area contributed by atoms with Crippen LogP contribution < -0.4 is 20.1 Å². The molecule has 0 aliphatic carbocycles. The first-order valence-electron chi connectivity index (χ1n) is 7.15. The zero-order valence-corrected chi connectivity index (χ0v) is 15.0. The summed E-state index contributed by atoms with van der Waals surface area (Å²) in [5, 5.41) is 4.53. The number of nitrogens with one attached hydrogen (secondary N) is 2. The van der Waals surface area contributed by atoms with Gasteiger partial charge < -0.3 is 19.5 Å². The van der Waals surface area contributed by atoms with Crippen molar-refractivity contribution in [1.29, 1.82) is 0 Å². The molecule has 0 aliphatic heterocycles. The summed E-state index contributed by atoms with van der Waals surface area (Å²) in [5.74, 6) is -0.717. The highest BCUT2D eigenvalue weighted by atomic mass is 35.5. The Labute approximate surface area is 150 Å². The number of amides is 3. The summed E-state index contributed by atoms with van der Waals surface area (Å²) >= 11 is 6.07. The Balaban J connectivity index is 2.75. The molecule has 0 saturated heterocycles. The molecule has 0 heterocycles. The van der Waals surface area contributed by atoms with Crippen LogP contribution in [0.25, 0.3) is 6.08 Å².